The third-order valence-electron chi connectivity index (χ3n) is 11.2. The second kappa shape index (κ2) is 49.1. The molecule has 3 atom stereocenters. The van der Waals surface area contributed by atoms with Crippen LogP contribution in [0.15, 0.2) is 85.1 Å². The fourth-order valence-corrected chi connectivity index (χ4v) is 7.31. The van der Waals surface area contributed by atoms with Crippen LogP contribution in [0.4, 0.5) is 0 Å². The number of amides is 1. The third kappa shape index (κ3) is 43.7. The summed E-state index contributed by atoms with van der Waals surface area (Å²) in [6, 6.07) is -0.716. The topological polar surface area (TPSA) is 95.9 Å². The molecule has 0 bridgehead atoms. The zero-order valence-electron chi connectivity index (χ0n) is 40.5. The Balaban J connectivity index is 4.67. The maximum Gasteiger partial charge on any atom is 0.306 e. The second-order valence-corrected chi connectivity index (χ2v) is 17.2. The molecule has 0 rings (SSSR count). The molecule has 0 aromatic rings. The number of esters is 1. The van der Waals surface area contributed by atoms with Crippen LogP contribution in [0.5, 0.6) is 0 Å². The fraction of sp³-hybridized carbons (Fsp3) is 0.714. The van der Waals surface area contributed by atoms with Crippen molar-refractivity contribution in [3.8, 4) is 0 Å². The van der Waals surface area contributed by atoms with Gasteiger partial charge in [-0.1, -0.05) is 202 Å². The lowest BCUT2D eigenvalue weighted by atomic mass is 10.0. The first kappa shape index (κ1) is 59.0. The first-order valence-electron chi connectivity index (χ1n) is 25.8. The smallest absolute Gasteiger partial charge is 0.306 e. The SMILES string of the molecule is CC/C=C\C/C=C\C/C=C\C/C=C\C/C=C\CCCCCC(=O)OC(CCCCCCC/C=C\C/C=C\CCCCC)CC(=O)NC(CO)C(O)CCCCCCCCCCC. The largest absolute Gasteiger partial charge is 0.462 e. The Kier molecular flexibility index (Phi) is 46.7. The van der Waals surface area contributed by atoms with E-state index in [1.807, 2.05) is 0 Å². The summed E-state index contributed by atoms with van der Waals surface area (Å²) in [5.74, 6) is -0.531. The number of rotatable bonds is 45. The quantitative estimate of drug-likeness (QED) is 0.0322. The number of nitrogens with one attached hydrogen (secondary N) is 1. The lowest BCUT2D eigenvalue weighted by molar-refractivity contribution is -0.151. The summed E-state index contributed by atoms with van der Waals surface area (Å²) in [5.41, 5.74) is 0. The van der Waals surface area contributed by atoms with Crippen molar-refractivity contribution in [2.75, 3.05) is 6.61 Å². The van der Waals surface area contributed by atoms with Crippen molar-refractivity contribution in [3.05, 3.63) is 85.1 Å². The molecule has 0 saturated heterocycles. The van der Waals surface area contributed by atoms with Crippen LogP contribution in [0.3, 0.4) is 0 Å². The van der Waals surface area contributed by atoms with E-state index in [0.29, 0.717) is 19.3 Å². The van der Waals surface area contributed by atoms with E-state index in [1.54, 1.807) is 0 Å². The van der Waals surface area contributed by atoms with Gasteiger partial charge in [0, 0.05) is 6.42 Å². The van der Waals surface area contributed by atoms with Crippen LogP contribution in [0.1, 0.15) is 233 Å². The molecule has 1 amide bonds. The molecule has 0 aliphatic rings. The van der Waals surface area contributed by atoms with Gasteiger partial charge in [-0.3, -0.25) is 9.59 Å². The molecule has 0 aromatic heterocycles. The molecule has 356 valence electrons. The predicted molar refractivity (Wildman–Crippen MR) is 268 cm³/mol. The second-order valence-electron chi connectivity index (χ2n) is 17.2. The molecule has 0 aromatic carbocycles. The van der Waals surface area contributed by atoms with E-state index >= 15 is 0 Å². The van der Waals surface area contributed by atoms with Gasteiger partial charge in [0.15, 0.2) is 0 Å². The summed E-state index contributed by atoms with van der Waals surface area (Å²) in [5, 5.41) is 23.7. The van der Waals surface area contributed by atoms with Gasteiger partial charge in [-0.2, -0.15) is 0 Å². The first-order chi connectivity index (χ1) is 30.5. The number of aliphatic hydroxyl groups is 2. The maximum absolute atomic E-state index is 13.2. The molecule has 3 unspecified atom stereocenters. The van der Waals surface area contributed by atoms with Gasteiger partial charge in [0.25, 0.3) is 0 Å². The maximum atomic E-state index is 13.2. The summed E-state index contributed by atoms with van der Waals surface area (Å²) < 4.78 is 5.91. The van der Waals surface area contributed by atoms with Gasteiger partial charge in [0.2, 0.25) is 5.91 Å². The van der Waals surface area contributed by atoms with Crippen LogP contribution in [-0.4, -0.2) is 46.9 Å². The number of hydrogen-bond acceptors (Lipinski definition) is 5. The molecule has 62 heavy (non-hydrogen) atoms. The molecule has 0 aliphatic heterocycles. The molecular weight excluding hydrogens is 767 g/mol. The highest BCUT2D eigenvalue weighted by Gasteiger charge is 2.24. The molecule has 6 heteroatoms. The average molecular weight is 864 g/mol. The van der Waals surface area contributed by atoms with E-state index in [4.69, 9.17) is 4.74 Å². The lowest BCUT2D eigenvalue weighted by Gasteiger charge is -2.24. The van der Waals surface area contributed by atoms with Crippen LogP contribution in [0.25, 0.3) is 0 Å². The predicted octanol–water partition coefficient (Wildman–Crippen LogP) is 15.6. The number of allylic oxidation sites excluding steroid dienone is 14. The molecule has 0 saturated carbocycles. The minimum Gasteiger partial charge on any atom is -0.462 e. The molecule has 3 N–H and O–H groups in total. The molecule has 6 nitrogen and oxygen atoms in total. The lowest BCUT2D eigenvalue weighted by Crippen LogP contribution is -2.46. The minimum absolute atomic E-state index is 0.0505. The van der Waals surface area contributed by atoms with Gasteiger partial charge >= 0.3 is 5.97 Å². The number of ether oxygens (including phenoxy) is 1. The van der Waals surface area contributed by atoms with Gasteiger partial charge in [0.05, 0.1) is 25.2 Å². The standard InChI is InChI=1S/C56H97NO5/c1-4-7-10-13-16-19-21-23-25-26-27-28-30-32-34-37-40-43-46-49-56(61)62-52(47-44-41-38-36-33-31-29-24-22-20-17-14-11-8-5-2)50-55(60)57-53(51-58)54(59)48-45-42-39-35-18-15-12-9-6-3/h7,10,16-17,19-20,23-25,27-29,32,34,52-54,58-59H,4-6,8-9,11-15,18,21-22,26,30-31,33,35-51H2,1-3H3,(H,57,60)/b10-7-,19-16-,20-17-,25-23-,28-27-,29-24-,34-32-. The van der Waals surface area contributed by atoms with Crippen LogP contribution < -0.4 is 5.32 Å². The van der Waals surface area contributed by atoms with Gasteiger partial charge in [-0.15, -0.1) is 0 Å². The van der Waals surface area contributed by atoms with E-state index in [-0.39, 0.29) is 24.9 Å². The van der Waals surface area contributed by atoms with E-state index < -0.39 is 18.2 Å². The monoisotopic (exact) mass is 864 g/mol. The Hall–Kier alpha value is -2.96. The number of unbranched alkanes of at least 4 members (excludes halogenated alkanes) is 19. The summed E-state index contributed by atoms with van der Waals surface area (Å²) in [4.78, 5) is 26.1. The van der Waals surface area contributed by atoms with Crippen molar-refractivity contribution in [2.24, 2.45) is 0 Å². The summed E-state index contributed by atoms with van der Waals surface area (Å²) in [6.07, 6.45) is 63.6. The normalized spacial score (nSPS) is 14.0. The molecule has 0 spiro atoms. The van der Waals surface area contributed by atoms with Crippen LogP contribution in [0.2, 0.25) is 0 Å². The van der Waals surface area contributed by atoms with Gasteiger partial charge < -0.3 is 20.3 Å². The molecular formula is C56H97NO5. The van der Waals surface area contributed by atoms with Gasteiger partial charge in [-0.25, -0.2) is 0 Å². The van der Waals surface area contributed by atoms with Crippen molar-refractivity contribution in [1.82, 2.24) is 5.32 Å². The Labute approximate surface area is 383 Å². The molecule has 0 fully saturated rings. The van der Waals surface area contributed by atoms with Crippen LogP contribution in [0, 0.1) is 0 Å². The molecule has 0 radical (unpaired) electrons. The summed E-state index contributed by atoms with van der Waals surface area (Å²) >= 11 is 0. The Morgan fingerprint density at radius 2 is 0.871 bits per heavy atom. The fourth-order valence-electron chi connectivity index (χ4n) is 7.31. The van der Waals surface area contributed by atoms with E-state index in [1.165, 1.54) is 70.6 Å². The van der Waals surface area contributed by atoms with Crippen molar-refractivity contribution < 1.29 is 24.5 Å². The highest BCUT2D eigenvalue weighted by molar-refractivity contribution is 5.77. The number of aliphatic hydroxyl groups excluding tert-OH is 2. The Morgan fingerprint density at radius 1 is 0.484 bits per heavy atom. The van der Waals surface area contributed by atoms with Crippen LogP contribution >= 0.6 is 0 Å². The Morgan fingerprint density at radius 3 is 1.35 bits per heavy atom. The summed E-state index contributed by atoms with van der Waals surface area (Å²) in [7, 11) is 0. The third-order valence-corrected chi connectivity index (χ3v) is 11.2. The zero-order chi connectivity index (χ0) is 45.2. The molecule has 0 heterocycles. The van der Waals surface area contributed by atoms with Crippen LogP contribution in [-0.2, 0) is 14.3 Å². The highest BCUT2D eigenvalue weighted by atomic mass is 16.5. The summed E-state index contributed by atoms with van der Waals surface area (Å²) in [6.45, 7) is 6.31. The number of carbonyl (C=O) groups excluding carboxylic acids is 2. The number of hydrogen-bond donors (Lipinski definition) is 3. The molecule has 0 aliphatic carbocycles. The first-order valence-corrected chi connectivity index (χ1v) is 25.8. The van der Waals surface area contributed by atoms with E-state index in [9.17, 15) is 19.8 Å². The van der Waals surface area contributed by atoms with Gasteiger partial charge in [-0.05, 0) is 103 Å². The van der Waals surface area contributed by atoms with Gasteiger partial charge in [0.1, 0.15) is 6.10 Å². The number of carbonyl (C=O) groups is 2. The minimum atomic E-state index is -0.800. The zero-order valence-corrected chi connectivity index (χ0v) is 40.5. The highest BCUT2D eigenvalue weighted by Crippen LogP contribution is 2.17. The van der Waals surface area contributed by atoms with Crippen molar-refractivity contribution in [1.29, 1.82) is 0 Å². The average Bonchev–Trinajstić information content (AvgIpc) is 3.26. The van der Waals surface area contributed by atoms with Crippen molar-refractivity contribution >= 4 is 11.9 Å². The van der Waals surface area contributed by atoms with E-state index in [0.717, 1.165) is 116 Å². The van der Waals surface area contributed by atoms with Crippen molar-refractivity contribution in [2.45, 2.75) is 251 Å². The van der Waals surface area contributed by atoms with E-state index in [2.05, 4.69) is 111 Å². The van der Waals surface area contributed by atoms with Crippen molar-refractivity contribution in [3.63, 3.8) is 0 Å². The Bertz CT molecular complexity index is 1200.